The first-order chi connectivity index (χ1) is 13.2. The van der Waals surface area contributed by atoms with E-state index in [1.807, 2.05) is 18.2 Å². The van der Waals surface area contributed by atoms with Crippen LogP contribution in [0, 0.1) is 6.92 Å². The maximum atomic E-state index is 6.12. The Morgan fingerprint density at radius 3 is 2.67 bits per heavy atom. The third-order valence-electron chi connectivity index (χ3n) is 4.93. The fraction of sp³-hybridized carbons (Fsp3) is 0.333. The molecule has 1 aliphatic heterocycles. The number of halogens is 1. The molecule has 0 bridgehead atoms. The van der Waals surface area contributed by atoms with Crippen molar-refractivity contribution in [3.05, 3.63) is 64.9 Å². The lowest BCUT2D eigenvalue weighted by atomic mass is 10.0. The minimum Gasteiger partial charge on any atom is -0.379 e. The summed E-state index contributed by atoms with van der Waals surface area (Å²) in [7, 11) is 0. The average molecular weight is 383 g/mol. The van der Waals surface area contributed by atoms with Gasteiger partial charge in [-0.1, -0.05) is 41.4 Å². The summed E-state index contributed by atoms with van der Waals surface area (Å²) in [5, 5.41) is 5.30. The van der Waals surface area contributed by atoms with Crippen molar-refractivity contribution in [2.24, 2.45) is 0 Å². The van der Waals surface area contributed by atoms with Gasteiger partial charge >= 0.3 is 0 Å². The molecule has 0 radical (unpaired) electrons. The quantitative estimate of drug-likeness (QED) is 0.720. The van der Waals surface area contributed by atoms with Crippen LogP contribution in [0.15, 0.2) is 48.8 Å². The Kier molecular flexibility index (Phi) is 5.53. The van der Waals surface area contributed by atoms with Gasteiger partial charge in [0.2, 0.25) is 0 Å². The molecule has 27 heavy (non-hydrogen) atoms. The number of nitrogens with zero attached hydrogens (tertiary/aromatic N) is 3. The molecule has 140 valence electrons. The molecule has 2 heterocycles. The Labute approximate surface area is 164 Å². The normalized spacial score (nSPS) is 16.4. The van der Waals surface area contributed by atoms with E-state index in [0.717, 1.165) is 49.6 Å². The number of fused-ring (bicyclic) bond motifs is 1. The molecular weight excluding hydrogens is 360 g/mol. The number of aryl methyl sites for hydroxylation is 1. The Morgan fingerprint density at radius 1 is 1.11 bits per heavy atom. The zero-order chi connectivity index (χ0) is 18.6. The molecule has 1 atom stereocenters. The molecule has 1 N–H and O–H groups in total. The average Bonchev–Trinajstić information content (AvgIpc) is 2.69. The van der Waals surface area contributed by atoms with E-state index in [9.17, 15) is 0 Å². The van der Waals surface area contributed by atoms with Crippen LogP contribution in [0.1, 0.15) is 17.2 Å². The van der Waals surface area contributed by atoms with Crippen LogP contribution < -0.4 is 5.32 Å². The Morgan fingerprint density at radius 2 is 1.89 bits per heavy atom. The van der Waals surface area contributed by atoms with Gasteiger partial charge in [0.05, 0.1) is 24.8 Å². The van der Waals surface area contributed by atoms with E-state index in [1.165, 1.54) is 11.1 Å². The third kappa shape index (κ3) is 4.38. The van der Waals surface area contributed by atoms with Gasteiger partial charge in [-0.25, -0.2) is 9.97 Å². The largest absolute Gasteiger partial charge is 0.379 e. The fourth-order valence-electron chi connectivity index (χ4n) is 3.39. The predicted molar refractivity (Wildman–Crippen MR) is 109 cm³/mol. The minimum absolute atomic E-state index is 0.123. The highest BCUT2D eigenvalue weighted by atomic mass is 35.5. The fourth-order valence-corrected chi connectivity index (χ4v) is 3.55. The molecule has 1 saturated heterocycles. The van der Waals surface area contributed by atoms with Crippen molar-refractivity contribution in [1.29, 1.82) is 0 Å². The van der Waals surface area contributed by atoms with Crippen molar-refractivity contribution >= 4 is 28.3 Å². The van der Waals surface area contributed by atoms with Gasteiger partial charge < -0.3 is 10.1 Å². The van der Waals surface area contributed by atoms with Crippen LogP contribution in [0.2, 0.25) is 5.02 Å². The highest BCUT2D eigenvalue weighted by Gasteiger charge is 2.19. The molecule has 4 rings (SSSR count). The second-order valence-electron chi connectivity index (χ2n) is 6.90. The van der Waals surface area contributed by atoms with Crippen LogP contribution in [0.3, 0.4) is 0 Å². The van der Waals surface area contributed by atoms with Gasteiger partial charge in [-0.3, -0.25) is 4.90 Å². The smallest absolute Gasteiger partial charge is 0.137 e. The third-order valence-corrected chi connectivity index (χ3v) is 5.17. The van der Waals surface area contributed by atoms with Gasteiger partial charge in [-0.2, -0.15) is 0 Å². The molecule has 5 nitrogen and oxygen atoms in total. The number of hydrogen-bond acceptors (Lipinski definition) is 5. The number of aromatic nitrogens is 2. The van der Waals surface area contributed by atoms with Crippen molar-refractivity contribution < 1.29 is 4.74 Å². The van der Waals surface area contributed by atoms with Gasteiger partial charge in [0.15, 0.2) is 0 Å². The lowest BCUT2D eigenvalue weighted by Gasteiger charge is -2.31. The zero-order valence-electron chi connectivity index (χ0n) is 15.4. The van der Waals surface area contributed by atoms with Crippen molar-refractivity contribution in [2.75, 3.05) is 38.2 Å². The van der Waals surface area contributed by atoms with Crippen LogP contribution >= 0.6 is 11.6 Å². The number of anilines is 1. The summed E-state index contributed by atoms with van der Waals surface area (Å²) >= 11 is 6.12. The monoisotopic (exact) mass is 382 g/mol. The number of rotatable bonds is 5. The summed E-state index contributed by atoms with van der Waals surface area (Å²) in [4.78, 5) is 11.3. The van der Waals surface area contributed by atoms with Gasteiger partial charge in [0, 0.05) is 30.0 Å². The van der Waals surface area contributed by atoms with E-state index in [0.29, 0.717) is 5.02 Å². The number of ether oxygens (including phenoxy) is 1. The highest BCUT2D eigenvalue weighted by molar-refractivity contribution is 6.31. The minimum atomic E-state index is 0.123. The molecule has 2 aromatic carbocycles. The van der Waals surface area contributed by atoms with Gasteiger partial charge in [-0.05, 0) is 30.7 Å². The molecule has 0 aliphatic carbocycles. The maximum absolute atomic E-state index is 6.12. The Bertz CT molecular complexity index is 910. The van der Waals surface area contributed by atoms with E-state index < -0.39 is 0 Å². The molecule has 0 spiro atoms. The summed E-state index contributed by atoms with van der Waals surface area (Å²) in [6.07, 6.45) is 1.59. The molecule has 3 aromatic rings. The van der Waals surface area contributed by atoms with E-state index in [-0.39, 0.29) is 6.04 Å². The lowest BCUT2D eigenvalue weighted by molar-refractivity contribution is 0.0361. The summed E-state index contributed by atoms with van der Waals surface area (Å²) in [5.74, 6) is 0.829. The van der Waals surface area contributed by atoms with Crippen LogP contribution in [0.25, 0.3) is 10.9 Å². The second-order valence-corrected chi connectivity index (χ2v) is 7.34. The van der Waals surface area contributed by atoms with Crippen LogP contribution in [0.5, 0.6) is 0 Å². The maximum Gasteiger partial charge on any atom is 0.137 e. The molecule has 1 aromatic heterocycles. The summed E-state index contributed by atoms with van der Waals surface area (Å²) in [6, 6.07) is 14.5. The molecule has 1 unspecified atom stereocenters. The standard InChI is InChI=1S/C21H23ClN4O/c1-15-2-4-16(5-3-15)20(13-26-8-10-27-11-9-26)25-21-18-7-6-17(22)12-19(18)23-14-24-21/h2-7,12,14,20H,8-11,13H2,1H3,(H,23,24,25). The SMILES string of the molecule is Cc1ccc(C(CN2CCOCC2)Nc2ncnc3cc(Cl)ccc23)cc1. The molecular formula is C21H23ClN4O. The molecule has 6 heteroatoms. The van der Waals surface area contributed by atoms with Crippen molar-refractivity contribution in [3.63, 3.8) is 0 Å². The number of morpholine rings is 1. The topological polar surface area (TPSA) is 50.3 Å². The van der Waals surface area contributed by atoms with Crippen LogP contribution in [-0.2, 0) is 4.74 Å². The first kappa shape index (κ1) is 18.2. The molecule has 1 fully saturated rings. The predicted octanol–water partition coefficient (Wildman–Crippen LogP) is 4.08. The Hall–Kier alpha value is -2.21. The van der Waals surface area contributed by atoms with Crippen LogP contribution in [0.4, 0.5) is 5.82 Å². The number of benzene rings is 2. The zero-order valence-corrected chi connectivity index (χ0v) is 16.1. The molecule has 1 aliphatic rings. The van der Waals surface area contributed by atoms with Crippen molar-refractivity contribution in [1.82, 2.24) is 14.9 Å². The highest BCUT2D eigenvalue weighted by Crippen LogP contribution is 2.27. The van der Waals surface area contributed by atoms with Crippen molar-refractivity contribution in [2.45, 2.75) is 13.0 Å². The van der Waals surface area contributed by atoms with Gasteiger partial charge in [0.25, 0.3) is 0 Å². The number of nitrogens with one attached hydrogen (secondary N) is 1. The first-order valence-electron chi connectivity index (χ1n) is 9.22. The van der Waals surface area contributed by atoms with E-state index in [2.05, 4.69) is 51.4 Å². The van der Waals surface area contributed by atoms with E-state index in [4.69, 9.17) is 16.3 Å². The lowest BCUT2D eigenvalue weighted by Crippen LogP contribution is -2.40. The van der Waals surface area contributed by atoms with Crippen LogP contribution in [-0.4, -0.2) is 47.7 Å². The number of hydrogen-bond donors (Lipinski definition) is 1. The van der Waals surface area contributed by atoms with Crippen molar-refractivity contribution in [3.8, 4) is 0 Å². The van der Waals surface area contributed by atoms with E-state index >= 15 is 0 Å². The van der Waals surface area contributed by atoms with Gasteiger partial charge in [0.1, 0.15) is 12.1 Å². The summed E-state index contributed by atoms with van der Waals surface area (Å²) in [5.41, 5.74) is 3.34. The molecule has 0 saturated carbocycles. The summed E-state index contributed by atoms with van der Waals surface area (Å²) < 4.78 is 5.49. The van der Waals surface area contributed by atoms with E-state index in [1.54, 1.807) is 6.33 Å². The molecule has 0 amide bonds. The first-order valence-corrected chi connectivity index (χ1v) is 9.60. The summed E-state index contributed by atoms with van der Waals surface area (Å²) in [6.45, 7) is 6.47. The second kappa shape index (κ2) is 8.21. The Balaban J connectivity index is 1.65. The van der Waals surface area contributed by atoms with Gasteiger partial charge in [-0.15, -0.1) is 0 Å².